The van der Waals surface area contributed by atoms with E-state index in [-0.39, 0.29) is 12.6 Å². The molecule has 5 rings (SSSR count). The number of aromatic nitrogens is 1. The molecule has 0 saturated carbocycles. The Hall–Kier alpha value is -4.10. The number of pyridine rings is 1. The van der Waals surface area contributed by atoms with E-state index in [4.69, 9.17) is 16.3 Å². The number of carbonyl (C=O) groups excluding carboxylic acids is 2. The van der Waals surface area contributed by atoms with Gasteiger partial charge in [0.05, 0.1) is 17.6 Å². The summed E-state index contributed by atoms with van der Waals surface area (Å²) in [7, 11) is 1.31. The van der Waals surface area contributed by atoms with Crippen molar-refractivity contribution in [3.8, 4) is 22.6 Å². The first-order chi connectivity index (χ1) is 17.4. The Bertz CT molecular complexity index is 1470. The minimum absolute atomic E-state index is 0.0663. The highest BCUT2D eigenvalue weighted by atomic mass is 35.5. The second-order valence-corrected chi connectivity index (χ2v) is 8.92. The fraction of sp³-hybridized carbons (Fsp3) is 0.179. The van der Waals surface area contributed by atoms with Crippen LogP contribution in [-0.4, -0.2) is 48.6 Å². The summed E-state index contributed by atoms with van der Waals surface area (Å²) in [6.45, 7) is 2.88. The number of fused-ring (bicyclic) bond motifs is 1. The van der Waals surface area contributed by atoms with Crippen molar-refractivity contribution in [3.63, 3.8) is 0 Å². The third-order valence-electron chi connectivity index (χ3n) is 6.17. The lowest BCUT2D eigenvalue weighted by Crippen LogP contribution is -2.35. The fourth-order valence-corrected chi connectivity index (χ4v) is 4.65. The Morgan fingerprint density at radius 3 is 2.58 bits per heavy atom. The lowest BCUT2D eigenvalue weighted by atomic mass is 9.97. The van der Waals surface area contributed by atoms with Gasteiger partial charge >= 0.3 is 12.0 Å². The van der Waals surface area contributed by atoms with E-state index < -0.39 is 5.97 Å². The smallest absolute Gasteiger partial charge is 0.325 e. The number of ether oxygens (including phenoxy) is 2. The highest BCUT2D eigenvalue weighted by Crippen LogP contribution is 2.36. The molecular weight excluding hydrogens is 478 g/mol. The number of carbonyl (C=O) groups is 2. The van der Waals surface area contributed by atoms with Gasteiger partial charge in [0.2, 0.25) is 0 Å². The topological polar surface area (TPSA) is 72.0 Å². The normalized spacial score (nSPS) is 13.4. The molecule has 1 aliphatic heterocycles. The molecule has 2 amide bonds. The molecule has 0 aliphatic carbocycles. The maximum atomic E-state index is 12.8. The van der Waals surface area contributed by atoms with Gasteiger partial charge in [0.1, 0.15) is 18.0 Å². The monoisotopic (exact) mass is 501 g/mol. The number of anilines is 1. The molecule has 0 atom stereocenters. The molecule has 0 bridgehead atoms. The number of para-hydroxylation sites is 1. The van der Waals surface area contributed by atoms with Crippen molar-refractivity contribution in [3.05, 3.63) is 83.5 Å². The zero-order chi connectivity index (χ0) is 25.2. The van der Waals surface area contributed by atoms with E-state index in [0.29, 0.717) is 35.3 Å². The highest BCUT2D eigenvalue weighted by molar-refractivity contribution is 6.35. The molecule has 1 fully saturated rings. The summed E-state index contributed by atoms with van der Waals surface area (Å²) in [6, 6.07) is 20.7. The van der Waals surface area contributed by atoms with Gasteiger partial charge in [-0.2, -0.15) is 0 Å². The Labute approximate surface area is 213 Å². The van der Waals surface area contributed by atoms with Crippen LogP contribution in [0.2, 0.25) is 5.02 Å². The van der Waals surface area contributed by atoms with Crippen molar-refractivity contribution in [2.45, 2.75) is 6.92 Å². The number of aryl methyl sites for hydroxylation is 1. The van der Waals surface area contributed by atoms with E-state index in [0.717, 1.165) is 27.6 Å². The summed E-state index contributed by atoms with van der Waals surface area (Å²) in [5, 5.41) is 1.59. The van der Waals surface area contributed by atoms with E-state index >= 15 is 0 Å². The largest absolute Gasteiger partial charge is 0.468 e. The van der Waals surface area contributed by atoms with Crippen LogP contribution >= 0.6 is 11.6 Å². The molecule has 0 N–H and O–H groups in total. The maximum absolute atomic E-state index is 12.8. The predicted octanol–water partition coefficient (Wildman–Crippen LogP) is 6.07. The molecule has 0 radical (unpaired) electrons. The molecule has 0 unspecified atom stereocenters. The molecule has 1 aliphatic rings. The Morgan fingerprint density at radius 1 is 1.03 bits per heavy atom. The van der Waals surface area contributed by atoms with Gasteiger partial charge < -0.3 is 14.4 Å². The van der Waals surface area contributed by atoms with Crippen LogP contribution < -0.4 is 9.64 Å². The third-order valence-corrected chi connectivity index (χ3v) is 6.47. The number of halogens is 1. The van der Waals surface area contributed by atoms with Gasteiger partial charge in [-0.05, 0) is 53.9 Å². The molecule has 1 saturated heterocycles. The predicted molar refractivity (Wildman–Crippen MR) is 140 cm³/mol. The van der Waals surface area contributed by atoms with Crippen LogP contribution in [0.15, 0.2) is 72.9 Å². The van der Waals surface area contributed by atoms with Gasteiger partial charge in [0.25, 0.3) is 0 Å². The number of methoxy groups -OCH3 is 1. The summed E-state index contributed by atoms with van der Waals surface area (Å²) < 4.78 is 10.9. The summed E-state index contributed by atoms with van der Waals surface area (Å²) in [6.07, 6.45) is 1.83. The van der Waals surface area contributed by atoms with Crippen molar-refractivity contribution >= 4 is 40.2 Å². The molecule has 4 aromatic rings. The van der Waals surface area contributed by atoms with Crippen LogP contribution in [0.4, 0.5) is 10.5 Å². The Balaban J connectivity index is 1.40. The molecule has 8 heteroatoms. The van der Waals surface area contributed by atoms with Crippen molar-refractivity contribution in [2.75, 3.05) is 31.6 Å². The lowest BCUT2D eigenvalue weighted by molar-refractivity contribution is -0.141. The van der Waals surface area contributed by atoms with Gasteiger partial charge in [-0.25, -0.2) is 4.79 Å². The first-order valence-corrected chi connectivity index (χ1v) is 11.9. The number of urea groups is 1. The summed E-state index contributed by atoms with van der Waals surface area (Å²) in [5.41, 5.74) is 4.54. The van der Waals surface area contributed by atoms with E-state index in [1.165, 1.54) is 12.0 Å². The third kappa shape index (κ3) is 4.57. The van der Waals surface area contributed by atoms with Gasteiger partial charge in [-0.15, -0.1) is 0 Å². The molecule has 3 aromatic carbocycles. The number of benzene rings is 3. The van der Waals surface area contributed by atoms with Crippen LogP contribution in [0, 0.1) is 6.92 Å². The number of hydrogen-bond acceptors (Lipinski definition) is 5. The number of hydrogen-bond donors (Lipinski definition) is 0. The first kappa shape index (κ1) is 23.6. The van der Waals surface area contributed by atoms with Crippen molar-refractivity contribution < 1.29 is 19.1 Å². The van der Waals surface area contributed by atoms with Crippen molar-refractivity contribution in [1.29, 1.82) is 0 Å². The van der Waals surface area contributed by atoms with E-state index in [1.54, 1.807) is 4.90 Å². The van der Waals surface area contributed by atoms with Crippen LogP contribution in [0.5, 0.6) is 11.5 Å². The fourth-order valence-electron chi connectivity index (χ4n) is 4.43. The molecule has 36 heavy (non-hydrogen) atoms. The summed E-state index contributed by atoms with van der Waals surface area (Å²) in [5.74, 6) is 0.820. The van der Waals surface area contributed by atoms with E-state index in [1.807, 2.05) is 79.9 Å². The van der Waals surface area contributed by atoms with E-state index in [9.17, 15) is 9.59 Å². The average Bonchev–Trinajstić information content (AvgIpc) is 3.24. The van der Waals surface area contributed by atoms with Crippen LogP contribution in [0.3, 0.4) is 0 Å². The maximum Gasteiger partial charge on any atom is 0.325 e. The van der Waals surface area contributed by atoms with E-state index in [2.05, 4.69) is 9.72 Å². The molecule has 2 heterocycles. The quantitative estimate of drug-likeness (QED) is 0.300. The number of rotatable bonds is 6. The van der Waals surface area contributed by atoms with Gasteiger partial charge in [0, 0.05) is 36.4 Å². The SMILES string of the molecule is COC(=O)CN1CCN(c2cccc(Oc3cccc(-c4c(C)cnc5c(Cl)cccc45)c3)c2)C1=O. The molecule has 182 valence electrons. The minimum Gasteiger partial charge on any atom is -0.468 e. The van der Waals surface area contributed by atoms with Gasteiger partial charge in [-0.1, -0.05) is 41.9 Å². The average molecular weight is 502 g/mol. The second kappa shape index (κ2) is 9.87. The molecule has 0 spiro atoms. The minimum atomic E-state index is -0.443. The van der Waals surface area contributed by atoms with Crippen LogP contribution in [0.1, 0.15) is 5.56 Å². The number of amides is 2. The van der Waals surface area contributed by atoms with Gasteiger partial charge in [0.15, 0.2) is 0 Å². The van der Waals surface area contributed by atoms with Crippen LogP contribution in [-0.2, 0) is 9.53 Å². The molecule has 7 nitrogen and oxygen atoms in total. The van der Waals surface area contributed by atoms with Crippen LogP contribution in [0.25, 0.3) is 22.0 Å². The Kier molecular flexibility index (Phi) is 6.48. The first-order valence-electron chi connectivity index (χ1n) is 11.5. The summed E-state index contributed by atoms with van der Waals surface area (Å²) >= 11 is 6.39. The highest BCUT2D eigenvalue weighted by Gasteiger charge is 2.31. The molecular formula is C28H24ClN3O4. The standard InChI is InChI=1S/C28H24ClN3O4/c1-18-16-30-27-23(10-5-11-24(27)29)26(18)19-6-3-8-21(14-19)36-22-9-4-7-20(15-22)32-13-12-31(28(32)34)17-25(33)35-2/h3-11,14-16H,12-13,17H2,1-2H3. The molecule has 1 aromatic heterocycles. The van der Waals surface area contributed by atoms with Crippen molar-refractivity contribution in [2.24, 2.45) is 0 Å². The zero-order valence-electron chi connectivity index (χ0n) is 19.9. The number of esters is 1. The number of nitrogens with zero attached hydrogens (tertiary/aromatic N) is 3. The Morgan fingerprint density at radius 2 is 1.78 bits per heavy atom. The lowest BCUT2D eigenvalue weighted by Gasteiger charge is -2.18. The zero-order valence-corrected chi connectivity index (χ0v) is 20.7. The van der Waals surface area contributed by atoms with Gasteiger partial charge in [-0.3, -0.25) is 14.7 Å². The summed E-state index contributed by atoms with van der Waals surface area (Å²) in [4.78, 5) is 32.0. The second-order valence-electron chi connectivity index (χ2n) is 8.51. The van der Waals surface area contributed by atoms with Crippen molar-refractivity contribution in [1.82, 2.24) is 9.88 Å².